The van der Waals surface area contributed by atoms with E-state index < -0.39 is 12.6 Å². The van der Waals surface area contributed by atoms with E-state index in [1.807, 2.05) is 6.92 Å². The summed E-state index contributed by atoms with van der Waals surface area (Å²) < 4.78 is 22.0. The molecule has 34 heavy (non-hydrogen) atoms. The number of aliphatic carboxylic acids is 1. The topological polar surface area (TPSA) is 115 Å². The Labute approximate surface area is 198 Å². The van der Waals surface area contributed by atoms with Crippen molar-refractivity contribution in [3.8, 4) is 28.4 Å². The molecule has 1 aliphatic rings. The Morgan fingerprint density at radius 2 is 1.82 bits per heavy atom. The second kappa shape index (κ2) is 11.6. The summed E-state index contributed by atoms with van der Waals surface area (Å²) in [6.07, 6.45) is 1.43. The van der Waals surface area contributed by atoms with Gasteiger partial charge in [0.25, 0.3) is 0 Å². The Bertz CT molecular complexity index is 1210. The zero-order valence-electron chi connectivity index (χ0n) is 20.1. The molecule has 1 aromatic heterocycles. The largest absolute Gasteiger partial charge is 0.546 e. The standard InChI is InChI=1S/C22H20O7.C4H11N/c1-3-4-13-7-15-18(9-17(13)26-10-20(23)24)29-12(2)21(22(15)25)14-5-6-16-19(8-14)28-11-27-16;1-3-5-4-2/h5-9H,3-4,10-11H2,1-2H3,(H,23,24);5H,3-4H2,1-2H3. The van der Waals surface area contributed by atoms with E-state index in [1.165, 1.54) is 13.1 Å². The van der Waals surface area contributed by atoms with E-state index in [2.05, 4.69) is 19.2 Å². The second-order valence-electron chi connectivity index (χ2n) is 7.90. The highest BCUT2D eigenvalue weighted by molar-refractivity contribution is 5.85. The number of hydrogen-bond acceptors (Lipinski definition) is 7. The van der Waals surface area contributed by atoms with Crippen LogP contribution < -0.4 is 30.1 Å². The Morgan fingerprint density at radius 3 is 2.47 bits per heavy atom. The first kappa shape index (κ1) is 25.1. The predicted molar refractivity (Wildman–Crippen MR) is 126 cm³/mol. The van der Waals surface area contributed by atoms with Crippen molar-refractivity contribution in [2.45, 2.75) is 40.5 Å². The number of carboxylic acids is 1. The van der Waals surface area contributed by atoms with Crippen LogP contribution in [0.3, 0.4) is 0 Å². The average molecular weight is 470 g/mol. The molecule has 2 N–H and O–H groups in total. The third kappa shape index (κ3) is 5.69. The van der Waals surface area contributed by atoms with Crippen LogP contribution in [-0.4, -0.2) is 32.5 Å². The van der Waals surface area contributed by atoms with Gasteiger partial charge >= 0.3 is 0 Å². The highest BCUT2D eigenvalue weighted by Gasteiger charge is 2.20. The second-order valence-corrected chi connectivity index (χ2v) is 7.90. The lowest BCUT2D eigenvalue weighted by atomic mass is 10.00. The molecule has 0 spiro atoms. The molecule has 0 saturated heterocycles. The fourth-order valence-corrected chi connectivity index (χ4v) is 3.79. The maximum absolute atomic E-state index is 13.3. The minimum absolute atomic E-state index is 0.152. The van der Waals surface area contributed by atoms with Gasteiger partial charge in [0.1, 0.15) is 23.7 Å². The molecule has 0 bridgehead atoms. The zero-order valence-corrected chi connectivity index (χ0v) is 20.1. The Hall–Kier alpha value is -3.52. The Balaban J connectivity index is 0.000000588. The number of aryl methyl sites for hydroxylation is 2. The van der Waals surface area contributed by atoms with Crippen molar-refractivity contribution >= 4 is 16.9 Å². The van der Waals surface area contributed by atoms with Crippen LogP contribution in [0.15, 0.2) is 39.5 Å². The maximum atomic E-state index is 13.3. The molecule has 4 rings (SSSR count). The van der Waals surface area contributed by atoms with E-state index in [4.69, 9.17) is 18.6 Å². The third-order valence-corrected chi connectivity index (χ3v) is 5.35. The number of rotatable bonds is 8. The number of nitrogens with two attached hydrogens (primary N) is 1. The molecule has 0 unspecified atom stereocenters. The van der Waals surface area contributed by atoms with Gasteiger partial charge in [-0.1, -0.05) is 19.4 Å². The lowest BCUT2D eigenvalue weighted by molar-refractivity contribution is -0.648. The van der Waals surface area contributed by atoms with E-state index in [1.54, 1.807) is 37.3 Å². The van der Waals surface area contributed by atoms with Crippen molar-refractivity contribution in [3.05, 3.63) is 51.9 Å². The van der Waals surface area contributed by atoms with Crippen LogP contribution in [0.5, 0.6) is 17.2 Å². The molecular weight excluding hydrogens is 438 g/mol. The van der Waals surface area contributed by atoms with E-state index >= 15 is 0 Å². The normalized spacial score (nSPS) is 11.8. The number of carbonyl (C=O) groups excluding carboxylic acids is 1. The van der Waals surface area contributed by atoms with Gasteiger partial charge in [0.2, 0.25) is 12.2 Å². The Kier molecular flexibility index (Phi) is 8.54. The van der Waals surface area contributed by atoms with Crippen molar-refractivity contribution in [2.75, 3.05) is 26.5 Å². The van der Waals surface area contributed by atoms with Gasteiger partial charge in [0.05, 0.1) is 30.0 Å². The van der Waals surface area contributed by atoms with E-state index in [0.29, 0.717) is 51.5 Å². The molecular formula is C26H31NO7. The van der Waals surface area contributed by atoms with Gasteiger partial charge in [-0.2, -0.15) is 0 Å². The number of carbonyl (C=O) groups is 1. The van der Waals surface area contributed by atoms with Gasteiger partial charge < -0.3 is 33.8 Å². The van der Waals surface area contributed by atoms with Gasteiger partial charge in [0.15, 0.2) is 11.5 Å². The maximum Gasteiger partial charge on any atom is 0.231 e. The molecule has 2 aromatic carbocycles. The molecule has 0 aliphatic carbocycles. The minimum atomic E-state index is -1.32. The lowest BCUT2D eigenvalue weighted by Gasteiger charge is -2.14. The van der Waals surface area contributed by atoms with Crippen molar-refractivity contribution in [1.82, 2.24) is 0 Å². The van der Waals surface area contributed by atoms with E-state index in [9.17, 15) is 14.7 Å². The minimum Gasteiger partial charge on any atom is -0.546 e. The van der Waals surface area contributed by atoms with Gasteiger partial charge in [0, 0.05) is 6.07 Å². The molecule has 2 heterocycles. The number of hydrogen-bond donors (Lipinski definition) is 1. The SMILES string of the molecule is CCCc1cc2c(=O)c(-c3ccc4c(c3)OCO4)c(C)oc2cc1OCC(=O)[O-].CC[NH2+]CC. The molecule has 0 radical (unpaired) electrons. The Morgan fingerprint density at radius 1 is 1.09 bits per heavy atom. The van der Waals surface area contributed by atoms with Crippen LogP contribution in [0.4, 0.5) is 0 Å². The number of benzene rings is 2. The molecule has 182 valence electrons. The number of carboxylic acid groups (broad SMARTS) is 1. The van der Waals surface area contributed by atoms with E-state index in [0.717, 1.165) is 12.0 Å². The first-order valence-electron chi connectivity index (χ1n) is 11.5. The van der Waals surface area contributed by atoms with Crippen molar-refractivity contribution in [3.63, 3.8) is 0 Å². The quantitative estimate of drug-likeness (QED) is 0.538. The van der Waals surface area contributed by atoms with Crippen LogP contribution in [0.2, 0.25) is 0 Å². The number of quaternary nitrogens is 1. The van der Waals surface area contributed by atoms with Gasteiger partial charge in [-0.05, 0) is 56.5 Å². The van der Waals surface area contributed by atoms with Crippen molar-refractivity contribution in [2.24, 2.45) is 0 Å². The fraction of sp³-hybridized carbons (Fsp3) is 0.385. The summed E-state index contributed by atoms with van der Waals surface area (Å²) in [5.74, 6) is 0.719. The highest BCUT2D eigenvalue weighted by atomic mass is 16.7. The first-order valence-corrected chi connectivity index (χ1v) is 11.5. The highest BCUT2D eigenvalue weighted by Crippen LogP contribution is 2.37. The molecule has 0 saturated carbocycles. The fourth-order valence-electron chi connectivity index (χ4n) is 3.79. The molecule has 3 aromatic rings. The summed E-state index contributed by atoms with van der Waals surface area (Å²) in [7, 11) is 0. The summed E-state index contributed by atoms with van der Waals surface area (Å²) in [6.45, 7) is 10.0. The lowest BCUT2D eigenvalue weighted by Crippen LogP contribution is -2.82. The van der Waals surface area contributed by atoms with Crippen LogP contribution in [0.25, 0.3) is 22.1 Å². The van der Waals surface area contributed by atoms with Crippen LogP contribution in [0, 0.1) is 6.92 Å². The summed E-state index contributed by atoms with van der Waals surface area (Å²) in [5.41, 5.74) is 2.03. The number of fused-ring (bicyclic) bond motifs is 2. The summed E-state index contributed by atoms with van der Waals surface area (Å²) in [4.78, 5) is 24.1. The summed E-state index contributed by atoms with van der Waals surface area (Å²) >= 11 is 0. The molecule has 8 heteroatoms. The molecule has 0 amide bonds. The van der Waals surface area contributed by atoms with Crippen LogP contribution in [-0.2, 0) is 11.2 Å². The monoisotopic (exact) mass is 469 g/mol. The van der Waals surface area contributed by atoms with Crippen LogP contribution in [0.1, 0.15) is 38.5 Å². The molecule has 0 atom stereocenters. The van der Waals surface area contributed by atoms with Gasteiger partial charge in [-0.15, -0.1) is 0 Å². The van der Waals surface area contributed by atoms with Crippen LogP contribution >= 0.6 is 0 Å². The van der Waals surface area contributed by atoms with Crippen molar-refractivity contribution in [1.29, 1.82) is 0 Å². The average Bonchev–Trinajstić information content (AvgIpc) is 3.27. The van der Waals surface area contributed by atoms with Gasteiger partial charge in [-0.25, -0.2) is 0 Å². The number of ether oxygens (including phenoxy) is 3. The molecule has 8 nitrogen and oxygen atoms in total. The smallest absolute Gasteiger partial charge is 0.231 e. The van der Waals surface area contributed by atoms with E-state index in [-0.39, 0.29) is 12.2 Å². The molecule has 1 aliphatic heterocycles. The summed E-state index contributed by atoms with van der Waals surface area (Å²) in [6, 6.07) is 8.60. The third-order valence-electron chi connectivity index (χ3n) is 5.35. The molecule has 0 fully saturated rings. The van der Waals surface area contributed by atoms with Crippen molar-refractivity contribution < 1.29 is 33.8 Å². The predicted octanol–water partition coefficient (Wildman–Crippen LogP) is 2.17. The van der Waals surface area contributed by atoms with Gasteiger partial charge in [-0.3, -0.25) is 4.79 Å². The zero-order chi connectivity index (χ0) is 24.7. The first-order chi connectivity index (χ1) is 16.4. The summed E-state index contributed by atoms with van der Waals surface area (Å²) in [5, 5.41) is 13.4.